The molecule has 2 aromatic heterocycles. The topological polar surface area (TPSA) is 426 Å². The SMILES string of the molecule is O=C(N[C@H]1CCCCC/C=C\[C@@H]2C[C@@]2(C(=O)NS(=O)(=O)C2CC2)NC(=O)[C@@H]2C[C@@H](Oc3cnc4ccc(-c5ccccc5F)cc4n3)CN2C1=O)OC1CCCC1.O=C(N[C@H]1CCCCC/C=C\[C@@H]2C[C@@]2(C(=O)NS(=O)(=O)C2CC2)NC(=O)[C@@H]2C[C@H](OS(=O)(=O)c3ccc(Br)cc3)CN2C1=O)OC1CCCC1.O=c1cnc2ccc(-c3ccccc3F)cc2[nH]1. The number of hydrogen-bond acceptors (Lipinski definition) is 22. The van der Waals surface area contributed by atoms with Gasteiger partial charge < -0.3 is 50.3 Å². The van der Waals surface area contributed by atoms with Crippen molar-refractivity contribution >= 4 is 116 Å². The van der Waals surface area contributed by atoms with Crippen LogP contribution in [-0.4, -0.2) is 186 Å². The minimum atomic E-state index is -4.31. The van der Waals surface area contributed by atoms with Crippen molar-refractivity contribution in [1.29, 1.82) is 0 Å². The van der Waals surface area contributed by atoms with Crippen molar-refractivity contribution in [1.82, 2.24) is 60.4 Å². The van der Waals surface area contributed by atoms with Crippen LogP contribution in [0.1, 0.15) is 167 Å². The standard InChI is InChI=1S/C41H47FN6O8S.C33H43BrN4O10S2.C14H9FN2O/c42-31-14-9-8-13-30(31)25-16-19-32-34(20-25)44-36(23-43-32)55-28-21-35-37(49)46-41(39(51)47-57(53,54)29-17-18-29)22-26(41)10-4-2-1-3-5-15-33(38(50)48(35)24-28)45-40(52)56-27-11-6-7-12-27;34-22-12-14-26(15-13-22)50(45,46)48-24-18-28-29(39)36-33(31(41)37-49(43,44)25-16-17-25)19-21(33)8-4-2-1-3-5-11-27(30(40)38(28)20-24)35-32(42)47-23-9-6-7-10-23;15-11-4-2-1-3-10(11)9-5-6-12-13(7-9)17-14(18)8-16-12/h4,8-10,13-14,16,19-20,23,26-29,33,35H,1-3,5-7,11-12,15,17-18,21-22,24H2,(H,45,52)(H,46,49)(H,47,51);4,8,12-15,21,23-25,27-28H,1-3,5-7,9-11,16-20H2,(H,35,42)(H,36,39)(H,37,41);1-8H,(H,17,18)/b10-4-;8-4-;/t26-,28-,33+,35+,41-;21-,24+,27+,28+,33-;/m11./s1. The first kappa shape index (κ1) is 89.2. The minimum Gasteiger partial charge on any atom is -0.471 e. The smallest absolute Gasteiger partial charge is 0.408 e. The zero-order valence-electron chi connectivity index (χ0n) is 68.4. The number of nitrogens with one attached hydrogen (secondary N) is 7. The summed E-state index contributed by atoms with van der Waals surface area (Å²) in [6.45, 7) is -0.346. The molecule has 0 spiro atoms. The molecule has 10 atom stereocenters. The molecule has 31 nitrogen and oxygen atoms in total. The van der Waals surface area contributed by atoms with Gasteiger partial charge in [0.05, 0.1) is 62.5 Å². The van der Waals surface area contributed by atoms with Gasteiger partial charge in [0.1, 0.15) is 65.2 Å². The van der Waals surface area contributed by atoms with E-state index in [-0.39, 0.29) is 85.4 Å². The fraction of sp³-hybridized carbons (Fsp3) is 0.477. The molecule has 4 aliphatic heterocycles. The van der Waals surface area contributed by atoms with Crippen LogP contribution in [-0.2, 0) is 72.6 Å². The molecule has 7 N–H and O–H groups in total. The molecule has 0 bridgehead atoms. The van der Waals surface area contributed by atoms with Gasteiger partial charge in [-0.25, -0.2) is 50.2 Å². The van der Waals surface area contributed by atoms with Crippen molar-refractivity contribution in [3.8, 4) is 28.1 Å². The number of aromatic nitrogens is 4. The Labute approximate surface area is 729 Å². The Hall–Kier alpha value is -10.6. The van der Waals surface area contributed by atoms with Gasteiger partial charge >= 0.3 is 12.2 Å². The van der Waals surface area contributed by atoms with Gasteiger partial charge in [-0.05, 0) is 200 Å². The Morgan fingerprint density at radius 3 is 1.47 bits per heavy atom. The van der Waals surface area contributed by atoms with Crippen LogP contribution < -0.4 is 41.0 Å². The third kappa shape index (κ3) is 21.7. The van der Waals surface area contributed by atoms with Crippen molar-refractivity contribution in [3.05, 3.63) is 172 Å². The number of carbonyl (C=O) groups is 8. The van der Waals surface area contributed by atoms with Crippen molar-refractivity contribution in [2.45, 2.75) is 242 Å². The molecule has 8 amide bonds. The Morgan fingerprint density at radius 1 is 0.504 bits per heavy atom. The van der Waals surface area contributed by atoms with Crippen LogP contribution in [0.5, 0.6) is 5.88 Å². The van der Waals surface area contributed by atoms with Gasteiger partial charge in [-0.15, -0.1) is 0 Å². The maximum Gasteiger partial charge on any atom is 0.408 e. The summed E-state index contributed by atoms with van der Waals surface area (Å²) in [6.07, 6.45) is 21.2. The molecule has 6 aliphatic carbocycles. The Morgan fingerprint density at radius 2 is 0.968 bits per heavy atom. The maximum absolute atomic E-state index is 14.6. The number of hydrogen-bond donors (Lipinski definition) is 7. The first-order valence-electron chi connectivity index (χ1n) is 42.8. The fourth-order valence-corrected chi connectivity index (χ4v) is 21.2. The molecule has 5 aromatic carbocycles. The predicted octanol–water partition coefficient (Wildman–Crippen LogP) is 10.7. The van der Waals surface area contributed by atoms with Crippen LogP contribution in [0.15, 0.2) is 160 Å². The molecule has 2 saturated heterocycles. The van der Waals surface area contributed by atoms with E-state index in [9.17, 15) is 77.2 Å². The Kier molecular flexibility index (Phi) is 27.3. The highest BCUT2D eigenvalue weighted by atomic mass is 79.9. The van der Waals surface area contributed by atoms with E-state index in [1.165, 1.54) is 46.5 Å². The van der Waals surface area contributed by atoms with Gasteiger partial charge in [0.25, 0.3) is 27.5 Å². The van der Waals surface area contributed by atoms with Gasteiger partial charge in [0, 0.05) is 46.8 Å². The van der Waals surface area contributed by atoms with E-state index in [0.29, 0.717) is 107 Å². The molecule has 7 aromatic rings. The average Bonchev–Trinajstić information content (AvgIpc) is 1.57. The second-order valence-corrected chi connectivity index (χ2v) is 40.2. The molecule has 6 saturated carbocycles. The normalized spacial score (nSPS) is 26.2. The molecular formula is C88H99BrF2N12O19S3. The number of halogens is 3. The first-order valence-corrected chi connectivity index (χ1v) is 48.1. The third-order valence-electron chi connectivity index (χ3n) is 24.5. The number of rotatable bonds is 17. The van der Waals surface area contributed by atoms with Gasteiger partial charge in [0.2, 0.25) is 49.6 Å². The summed E-state index contributed by atoms with van der Waals surface area (Å²) in [4.78, 5) is 140. The van der Waals surface area contributed by atoms with Crippen molar-refractivity contribution < 1.29 is 90.8 Å². The molecule has 0 radical (unpaired) electrons. The average molecular weight is 1840 g/mol. The van der Waals surface area contributed by atoms with Gasteiger partial charge in [-0.3, -0.25) is 47.2 Å². The molecule has 0 unspecified atom stereocenters. The fourth-order valence-electron chi connectivity index (χ4n) is 17.2. The number of H-pyrrole nitrogens is 1. The number of aromatic amines is 1. The highest BCUT2D eigenvalue weighted by Gasteiger charge is 2.64. The number of allylic oxidation sites excluding steroid dienone is 2. The van der Waals surface area contributed by atoms with Crippen LogP contribution in [0.25, 0.3) is 44.3 Å². The second-order valence-electron chi connectivity index (χ2n) is 33.7. The van der Waals surface area contributed by atoms with Gasteiger partial charge in [-0.1, -0.05) is 114 Å². The van der Waals surface area contributed by atoms with E-state index in [0.717, 1.165) is 77.0 Å². The molecule has 8 fully saturated rings. The number of amides is 8. The number of nitrogens with zero attached hydrogens (tertiary/aromatic N) is 5. The number of fused-ring (bicyclic) bond motifs is 6. The summed E-state index contributed by atoms with van der Waals surface area (Å²) < 4.78 is 134. The summed E-state index contributed by atoms with van der Waals surface area (Å²) in [7, 11) is -12.1. The summed E-state index contributed by atoms with van der Waals surface area (Å²) in [5.74, 6) is -5.66. The number of alkyl carbamates (subject to hydrolysis) is 2. The molecule has 6 heterocycles. The lowest BCUT2D eigenvalue weighted by Gasteiger charge is -2.30. The second kappa shape index (κ2) is 38.3. The molecular weight excluding hydrogens is 1740 g/mol. The lowest BCUT2D eigenvalue weighted by Crippen LogP contribution is -2.58. The lowest BCUT2D eigenvalue weighted by atomic mass is 10.0. The largest absolute Gasteiger partial charge is 0.471 e. The van der Waals surface area contributed by atoms with Crippen LogP contribution in [0.3, 0.4) is 0 Å². The van der Waals surface area contributed by atoms with Crippen molar-refractivity contribution in [2.24, 2.45) is 11.8 Å². The zero-order valence-corrected chi connectivity index (χ0v) is 72.5. The molecule has 10 aliphatic rings. The molecule has 125 heavy (non-hydrogen) atoms. The number of carbonyl (C=O) groups excluding carboxylic acids is 8. The van der Waals surface area contributed by atoms with E-state index in [1.54, 1.807) is 91.0 Å². The van der Waals surface area contributed by atoms with E-state index >= 15 is 0 Å². The van der Waals surface area contributed by atoms with Crippen LogP contribution >= 0.6 is 15.9 Å². The number of benzene rings is 5. The van der Waals surface area contributed by atoms with Crippen LogP contribution in [0.2, 0.25) is 0 Å². The summed E-state index contributed by atoms with van der Waals surface area (Å²) >= 11 is 3.27. The van der Waals surface area contributed by atoms with Crippen molar-refractivity contribution in [2.75, 3.05) is 13.1 Å². The molecule has 664 valence electrons. The Bertz CT molecular complexity index is 5760. The first-order chi connectivity index (χ1) is 60.0. The predicted molar refractivity (Wildman–Crippen MR) is 457 cm³/mol. The van der Waals surface area contributed by atoms with E-state index in [1.807, 2.05) is 18.2 Å². The summed E-state index contributed by atoms with van der Waals surface area (Å²) in [5.41, 5.74) is 1.12. The van der Waals surface area contributed by atoms with Crippen molar-refractivity contribution in [3.63, 3.8) is 0 Å². The molecule has 37 heteroatoms. The lowest BCUT2D eigenvalue weighted by molar-refractivity contribution is -0.141. The maximum atomic E-state index is 14.6. The molecule has 17 rings (SSSR count). The minimum absolute atomic E-state index is 0.00434. The third-order valence-corrected chi connectivity index (χ3v) is 30.1. The number of sulfonamides is 2. The summed E-state index contributed by atoms with van der Waals surface area (Å²) in [6, 6.07) is 24.7. The van der Waals surface area contributed by atoms with Crippen LogP contribution in [0.4, 0.5) is 18.4 Å². The van der Waals surface area contributed by atoms with Crippen LogP contribution in [0, 0.1) is 23.5 Å². The summed E-state index contributed by atoms with van der Waals surface area (Å²) in [5, 5.41) is 9.81. The van der Waals surface area contributed by atoms with E-state index in [2.05, 4.69) is 66.6 Å². The quantitative estimate of drug-likeness (QED) is 0.0329. The number of ether oxygens (including phenoxy) is 3. The highest BCUT2D eigenvalue weighted by Crippen LogP contribution is 2.48. The highest BCUT2D eigenvalue weighted by molar-refractivity contribution is 9.10. The van der Waals surface area contributed by atoms with E-state index < -0.39 is 148 Å². The Balaban J connectivity index is 0.000000162. The zero-order chi connectivity index (χ0) is 88.0. The van der Waals surface area contributed by atoms with E-state index in [4.69, 9.17) is 18.4 Å². The van der Waals surface area contributed by atoms with Gasteiger partial charge in [0.15, 0.2) is 0 Å². The monoisotopic (exact) mass is 1840 g/mol. The van der Waals surface area contributed by atoms with Gasteiger partial charge in [-0.2, -0.15) is 8.42 Å².